The first-order valence-electron chi connectivity index (χ1n) is 13.1. The van der Waals surface area contributed by atoms with Crippen molar-refractivity contribution < 1.29 is 41.0 Å². The zero-order chi connectivity index (χ0) is 26.8. The number of hydrogen-bond acceptors (Lipinski definition) is 4. The molecule has 1 aromatic rings. The topological polar surface area (TPSA) is 52.6 Å². The quantitative estimate of drug-likeness (QED) is 0.0569. The van der Waals surface area contributed by atoms with Gasteiger partial charge in [-0.3, -0.25) is 9.59 Å². The molecule has 0 N–H and O–H groups in total. The van der Waals surface area contributed by atoms with Gasteiger partial charge in [0.2, 0.25) is 5.82 Å². The zero-order valence-corrected chi connectivity index (χ0v) is 21.3. The van der Waals surface area contributed by atoms with Crippen molar-refractivity contribution in [2.45, 2.75) is 116 Å². The Morgan fingerprint density at radius 2 is 0.917 bits per heavy atom. The second-order valence-corrected chi connectivity index (χ2v) is 9.03. The van der Waals surface area contributed by atoms with Crippen molar-refractivity contribution in [2.24, 2.45) is 0 Å². The number of carbonyl (C=O) groups is 2. The Morgan fingerprint density at radius 3 is 1.42 bits per heavy atom. The second-order valence-electron chi connectivity index (χ2n) is 9.03. The standard InChI is InChI=1S/C27H39F5O4/c1-2-3-4-5-6-7-8-9-10-11-15-18-35-21(33)16-13-12-14-17-22(34)36-19-20-23(28)25(30)27(32)26(31)24(20)29/h2-19H2,1H3. The first kappa shape index (κ1) is 31.8. The average molecular weight is 523 g/mol. The Bertz CT molecular complexity index is 772. The van der Waals surface area contributed by atoms with Gasteiger partial charge in [-0.1, -0.05) is 77.6 Å². The van der Waals surface area contributed by atoms with Crippen molar-refractivity contribution in [1.29, 1.82) is 0 Å². The summed E-state index contributed by atoms with van der Waals surface area (Å²) in [6, 6.07) is 0. The van der Waals surface area contributed by atoms with Gasteiger partial charge in [0.25, 0.3) is 0 Å². The van der Waals surface area contributed by atoms with Crippen LogP contribution in [0.15, 0.2) is 0 Å². The number of unbranched alkanes of at least 4 members (excludes halogenated alkanes) is 12. The monoisotopic (exact) mass is 522 g/mol. The molecule has 4 nitrogen and oxygen atoms in total. The molecule has 0 bridgehead atoms. The zero-order valence-electron chi connectivity index (χ0n) is 21.3. The van der Waals surface area contributed by atoms with Gasteiger partial charge >= 0.3 is 11.9 Å². The molecule has 0 aliphatic rings. The molecule has 0 aromatic heterocycles. The van der Waals surface area contributed by atoms with Gasteiger partial charge in [0.05, 0.1) is 12.2 Å². The summed E-state index contributed by atoms with van der Waals surface area (Å²) in [5.41, 5.74) is -1.19. The fourth-order valence-corrected chi connectivity index (χ4v) is 3.74. The first-order chi connectivity index (χ1) is 17.3. The minimum Gasteiger partial charge on any atom is -0.466 e. The number of hydrogen-bond donors (Lipinski definition) is 0. The molecule has 0 atom stereocenters. The van der Waals surface area contributed by atoms with Crippen LogP contribution in [0.25, 0.3) is 0 Å². The summed E-state index contributed by atoms with van der Waals surface area (Å²) in [6.07, 6.45) is 14.9. The first-order valence-corrected chi connectivity index (χ1v) is 13.1. The van der Waals surface area contributed by atoms with Crippen LogP contribution in [0.2, 0.25) is 0 Å². The van der Waals surface area contributed by atoms with E-state index >= 15 is 0 Å². The van der Waals surface area contributed by atoms with Crippen LogP contribution in [-0.2, 0) is 25.7 Å². The number of esters is 2. The van der Waals surface area contributed by atoms with E-state index in [1.54, 1.807) is 0 Å². The highest BCUT2D eigenvalue weighted by Gasteiger charge is 2.26. The van der Waals surface area contributed by atoms with Gasteiger partial charge in [0.1, 0.15) is 6.61 Å². The molecular formula is C27H39F5O4. The van der Waals surface area contributed by atoms with Gasteiger partial charge in [0.15, 0.2) is 23.3 Å². The summed E-state index contributed by atoms with van der Waals surface area (Å²) in [6.45, 7) is 1.56. The van der Waals surface area contributed by atoms with Gasteiger partial charge in [-0.15, -0.1) is 0 Å². The summed E-state index contributed by atoms with van der Waals surface area (Å²) < 4.78 is 76.3. The smallest absolute Gasteiger partial charge is 0.306 e. The maximum atomic E-state index is 13.6. The Balaban J connectivity index is 2.02. The van der Waals surface area contributed by atoms with E-state index in [1.807, 2.05) is 0 Å². The minimum atomic E-state index is -2.27. The molecular weight excluding hydrogens is 483 g/mol. The molecule has 206 valence electrons. The molecule has 0 fully saturated rings. The summed E-state index contributed by atoms with van der Waals surface area (Å²) in [4.78, 5) is 23.4. The Labute approximate surface area is 210 Å². The SMILES string of the molecule is CCCCCCCCCCCCCOC(=O)CCCCCC(=O)OCc1c(F)c(F)c(F)c(F)c1F. The van der Waals surface area contributed by atoms with Gasteiger partial charge < -0.3 is 9.47 Å². The molecule has 0 spiro atoms. The summed E-state index contributed by atoms with van der Waals surface area (Å²) in [5.74, 6) is -11.6. The molecule has 0 unspecified atom stereocenters. The lowest BCUT2D eigenvalue weighted by Gasteiger charge is -2.09. The number of benzene rings is 1. The van der Waals surface area contributed by atoms with E-state index in [2.05, 4.69) is 11.7 Å². The number of halogens is 5. The molecule has 1 rings (SSSR count). The third-order valence-corrected chi connectivity index (χ3v) is 5.95. The highest BCUT2D eigenvalue weighted by molar-refractivity contribution is 5.70. The maximum absolute atomic E-state index is 13.6. The third kappa shape index (κ3) is 12.7. The van der Waals surface area contributed by atoms with E-state index in [0.29, 0.717) is 25.9 Å². The molecule has 36 heavy (non-hydrogen) atoms. The van der Waals surface area contributed by atoms with Gasteiger partial charge in [-0.05, 0) is 19.3 Å². The van der Waals surface area contributed by atoms with Gasteiger partial charge in [-0.25, -0.2) is 22.0 Å². The molecule has 0 saturated heterocycles. The van der Waals surface area contributed by atoms with Crippen molar-refractivity contribution in [3.8, 4) is 0 Å². The fourth-order valence-electron chi connectivity index (χ4n) is 3.74. The summed E-state index contributed by atoms with van der Waals surface area (Å²) >= 11 is 0. The molecule has 0 saturated carbocycles. The highest BCUT2D eigenvalue weighted by Crippen LogP contribution is 2.23. The highest BCUT2D eigenvalue weighted by atomic mass is 19.2. The minimum absolute atomic E-state index is 0.108. The molecule has 0 heterocycles. The van der Waals surface area contributed by atoms with Crippen LogP contribution in [0.3, 0.4) is 0 Å². The third-order valence-electron chi connectivity index (χ3n) is 5.95. The lowest BCUT2D eigenvalue weighted by atomic mass is 10.1. The number of carbonyl (C=O) groups excluding carboxylic acids is 2. The lowest BCUT2D eigenvalue weighted by molar-refractivity contribution is -0.145. The van der Waals surface area contributed by atoms with E-state index in [1.165, 1.54) is 51.4 Å². The molecule has 9 heteroatoms. The molecule has 0 amide bonds. The maximum Gasteiger partial charge on any atom is 0.306 e. The van der Waals surface area contributed by atoms with Crippen molar-refractivity contribution in [3.05, 3.63) is 34.6 Å². The Kier molecular flexibility index (Phi) is 16.8. The predicted molar refractivity (Wildman–Crippen MR) is 127 cm³/mol. The van der Waals surface area contributed by atoms with E-state index in [4.69, 9.17) is 4.74 Å². The normalized spacial score (nSPS) is 11.1. The van der Waals surface area contributed by atoms with E-state index in [9.17, 15) is 31.5 Å². The Hall–Kier alpha value is -2.19. The van der Waals surface area contributed by atoms with Crippen LogP contribution in [0.4, 0.5) is 22.0 Å². The molecule has 0 aliphatic carbocycles. The van der Waals surface area contributed by atoms with Crippen molar-refractivity contribution >= 4 is 11.9 Å². The summed E-state index contributed by atoms with van der Waals surface area (Å²) in [5, 5.41) is 0. The molecule has 0 radical (unpaired) electrons. The largest absolute Gasteiger partial charge is 0.466 e. The molecule has 0 aliphatic heterocycles. The van der Waals surface area contributed by atoms with Crippen LogP contribution in [0.1, 0.15) is 115 Å². The number of ether oxygens (including phenoxy) is 2. The van der Waals surface area contributed by atoms with Crippen LogP contribution >= 0.6 is 0 Å². The predicted octanol–water partition coefficient (Wildman–Crippen LogP) is 8.23. The van der Waals surface area contributed by atoms with Crippen molar-refractivity contribution in [2.75, 3.05) is 6.61 Å². The average Bonchev–Trinajstić information content (AvgIpc) is 2.86. The van der Waals surface area contributed by atoms with Crippen LogP contribution in [0.5, 0.6) is 0 Å². The van der Waals surface area contributed by atoms with Crippen LogP contribution < -0.4 is 0 Å². The van der Waals surface area contributed by atoms with E-state index in [0.717, 1.165) is 19.3 Å². The van der Waals surface area contributed by atoms with E-state index < -0.39 is 47.2 Å². The fraction of sp³-hybridized carbons (Fsp3) is 0.704. The van der Waals surface area contributed by atoms with Crippen LogP contribution in [-0.4, -0.2) is 18.5 Å². The van der Waals surface area contributed by atoms with Gasteiger partial charge in [0, 0.05) is 12.8 Å². The van der Waals surface area contributed by atoms with E-state index in [-0.39, 0.29) is 18.8 Å². The second kappa shape index (κ2) is 19.0. The van der Waals surface area contributed by atoms with Crippen molar-refractivity contribution in [3.63, 3.8) is 0 Å². The summed E-state index contributed by atoms with van der Waals surface area (Å²) in [7, 11) is 0. The lowest BCUT2D eigenvalue weighted by Crippen LogP contribution is -2.11. The van der Waals surface area contributed by atoms with Gasteiger partial charge in [-0.2, -0.15) is 0 Å². The number of rotatable bonds is 20. The molecule has 1 aromatic carbocycles. The van der Waals surface area contributed by atoms with Crippen molar-refractivity contribution in [1.82, 2.24) is 0 Å². The Morgan fingerprint density at radius 1 is 0.528 bits per heavy atom. The van der Waals surface area contributed by atoms with Crippen LogP contribution in [0, 0.1) is 29.1 Å².